The summed E-state index contributed by atoms with van der Waals surface area (Å²) in [5.74, 6) is 0.405. The topological polar surface area (TPSA) is 76.1 Å². The lowest BCUT2D eigenvalue weighted by Crippen LogP contribution is -2.27. The van der Waals surface area contributed by atoms with Crippen LogP contribution in [0.1, 0.15) is 5.56 Å². The van der Waals surface area contributed by atoms with Crippen molar-refractivity contribution < 1.29 is 4.52 Å². The molecule has 2 aromatic carbocycles. The molecule has 3 aromatic rings. The van der Waals surface area contributed by atoms with Gasteiger partial charge in [0.05, 0.1) is 5.39 Å². The second-order valence-corrected chi connectivity index (χ2v) is 6.04. The average molecular weight is 377 g/mol. The van der Waals surface area contributed by atoms with Gasteiger partial charge in [0.15, 0.2) is 16.5 Å². The number of thiocarbonyl (C=S) groups is 1. The fourth-order valence-electron chi connectivity index (χ4n) is 2.00. The minimum absolute atomic E-state index is 0.405. The van der Waals surface area contributed by atoms with Crippen LogP contribution in [0, 0.1) is 0 Å². The molecule has 0 bridgehead atoms. The molecule has 0 radical (unpaired) electrons. The van der Waals surface area contributed by atoms with Crippen LogP contribution in [0.2, 0.25) is 0 Å². The number of nitrogen functional groups attached to an aromatic ring is 1. The number of hydrogen-bond acceptors (Lipinski definition) is 4. The summed E-state index contributed by atoms with van der Waals surface area (Å²) in [4.78, 5) is 0. The average Bonchev–Trinajstić information content (AvgIpc) is 2.88. The Morgan fingerprint density at radius 1 is 1.23 bits per heavy atom. The summed E-state index contributed by atoms with van der Waals surface area (Å²) in [6.07, 6.45) is 0. The second kappa shape index (κ2) is 6.33. The van der Waals surface area contributed by atoms with Crippen LogP contribution in [0.4, 0.5) is 11.5 Å². The van der Waals surface area contributed by atoms with Crippen molar-refractivity contribution in [3.05, 3.63) is 52.5 Å². The Labute approximate surface area is 141 Å². The Bertz CT molecular complexity index is 816. The number of nitrogens with two attached hydrogens (primary N) is 1. The maximum absolute atomic E-state index is 5.69. The van der Waals surface area contributed by atoms with Crippen LogP contribution in [0.3, 0.4) is 0 Å². The fourth-order valence-corrected chi connectivity index (χ4v) is 2.46. The maximum Gasteiger partial charge on any atom is 0.174 e. The first-order valence-electron chi connectivity index (χ1n) is 6.56. The summed E-state index contributed by atoms with van der Waals surface area (Å²) in [5, 5.41) is 11.4. The summed E-state index contributed by atoms with van der Waals surface area (Å²) in [6.45, 7) is 0.582. The second-order valence-electron chi connectivity index (χ2n) is 4.71. The third-order valence-corrected chi connectivity index (χ3v) is 3.89. The molecule has 0 fully saturated rings. The number of nitrogens with zero attached hydrogens (tertiary/aromatic N) is 1. The Balaban J connectivity index is 1.60. The summed E-state index contributed by atoms with van der Waals surface area (Å²) in [7, 11) is 0. The van der Waals surface area contributed by atoms with Gasteiger partial charge in [0.25, 0.3) is 0 Å². The fraction of sp³-hybridized carbons (Fsp3) is 0.0667. The lowest BCUT2D eigenvalue weighted by molar-refractivity contribution is 0.460. The molecule has 3 rings (SSSR count). The van der Waals surface area contributed by atoms with E-state index in [0.717, 1.165) is 21.1 Å². The zero-order chi connectivity index (χ0) is 15.5. The molecule has 4 N–H and O–H groups in total. The highest BCUT2D eigenvalue weighted by Gasteiger charge is 2.06. The van der Waals surface area contributed by atoms with Crippen molar-refractivity contribution in [2.75, 3.05) is 11.1 Å². The predicted octanol–water partition coefficient (Wildman–Crippen LogP) is 3.66. The Kier molecular flexibility index (Phi) is 4.26. The molecule has 0 aliphatic heterocycles. The van der Waals surface area contributed by atoms with Gasteiger partial charge in [-0.2, -0.15) is 0 Å². The minimum Gasteiger partial charge on any atom is -0.380 e. The first-order chi connectivity index (χ1) is 10.6. The van der Waals surface area contributed by atoms with Gasteiger partial charge in [0.1, 0.15) is 0 Å². The highest BCUT2D eigenvalue weighted by molar-refractivity contribution is 9.10. The number of rotatable bonds is 3. The minimum atomic E-state index is 0.405. The number of aromatic nitrogens is 1. The summed E-state index contributed by atoms with van der Waals surface area (Å²) in [5.41, 5.74) is 8.32. The molecule has 1 heterocycles. The van der Waals surface area contributed by atoms with Gasteiger partial charge in [-0.3, -0.25) is 0 Å². The monoisotopic (exact) mass is 376 g/mol. The van der Waals surface area contributed by atoms with Crippen LogP contribution in [-0.2, 0) is 6.54 Å². The number of nitrogens with one attached hydrogen (secondary N) is 2. The number of halogens is 1. The van der Waals surface area contributed by atoms with E-state index in [2.05, 4.69) is 31.7 Å². The van der Waals surface area contributed by atoms with Crippen LogP contribution in [-0.4, -0.2) is 10.3 Å². The van der Waals surface area contributed by atoms with E-state index >= 15 is 0 Å². The van der Waals surface area contributed by atoms with Gasteiger partial charge in [0, 0.05) is 16.7 Å². The number of anilines is 2. The predicted molar refractivity (Wildman–Crippen MR) is 95.6 cm³/mol. The van der Waals surface area contributed by atoms with Crippen molar-refractivity contribution in [1.82, 2.24) is 10.5 Å². The molecule has 0 aliphatic rings. The van der Waals surface area contributed by atoms with Crippen LogP contribution in [0.15, 0.2) is 51.5 Å². The van der Waals surface area contributed by atoms with Gasteiger partial charge in [-0.1, -0.05) is 27.2 Å². The molecule has 22 heavy (non-hydrogen) atoms. The summed E-state index contributed by atoms with van der Waals surface area (Å²) >= 11 is 8.67. The third kappa shape index (κ3) is 3.37. The van der Waals surface area contributed by atoms with Crippen molar-refractivity contribution in [2.45, 2.75) is 6.54 Å². The van der Waals surface area contributed by atoms with Crippen molar-refractivity contribution in [2.24, 2.45) is 0 Å². The Hall–Kier alpha value is -2.12. The summed E-state index contributed by atoms with van der Waals surface area (Å²) < 4.78 is 6.17. The molecule has 7 heteroatoms. The van der Waals surface area contributed by atoms with Gasteiger partial charge in [0.2, 0.25) is 0 Å². The number of hydrogen-bond donors (Lipinski definition) is 3. The quantitative estimate of drug-likeness (QED) is 0.605. The van der Waals surface area contributed by atoms with E-state index in [1.165, 1.54) is 0 Å². The third-order valence-electron chi connectivity index (χ3n) is 3.12. The normalized spacial score (nSPS) is 10.6. The molecule has 0 unspecified atom stereocenters. The molecule has 0 aliphatic carbocycles. The van der Waals surface area contributed by atoms with Crippen molar-refractivity contribution in [1.29, 1.82) is 0 Å². The molecular formula is C15H13BrN4OS. The lowest BCUT2D eigenvalue weighted by Gasteiger charge is -2.10. The van der Waals surface area contributed by atoms with Gasteiger partial charge < -0.3 is 20.9 Å². The van der Waals surface area contributed by atoms with E-state index in [1.54, 1.807) is 0 Å². The van der Waals surface area contributed by atoms with Gasteiger partial charge >= 0.3 is 0 Å². The van der Waals surface area contributed by atoms with E-state index in [9.17, 15) is 0 Å². The van der Waals surface area contributed by atoms with Crippen LogP contribution < -0.4 is 16.4 Å². The molecule has 5 nitrogen and oxygen atoms in total. The van der Waals surface area contributed by atoms with Gasteiger partial charge in [-0.25, -0.2) is 0 Å². The van der Waals surface area contributed by atoms with Crippen LogP contribution >= 0.6 is 28.1 Å². The molecule has 0 atom stereocenters. The van der Waals surface area contributed by atoms with E-state index in [1.807, 2.05) is 42.5 Å². The van der Waals surface area contributed by atoms with E-state index < -0.39 is 0 Å². The van der Waals surface area contributed by atoms with Crippen molar-refractivity contribution in [3.63, 3.8) is 0 Å². The maximum atomic E-state index is 5.69. The van der Waals surface area contributed by atoms with E-state index in [4.69, 9.17) is 22.5 Å². The van der Waals surface area contributed by atoms with Crippen molar-refractivity contribution in [3.8, 4) is 0 Å². The highest BCUT2D eigenvalue weighted by Crippen LogP contribution is 2.21. The SMILES string of the molecule is Nc1noc2cc(CNC(=S)Nc3ccc(Br)cc3)ccc12. The lowest BCUT2D eigenvalue weighted by atomic mass is 10.1. The van der Waals surface area contributed by atoms with Gasteiger partial charge in [-0.15, -0.1) is 0 Å². The molecule has 0 amide bonds. The molecule has 0 saturated carbocycles. The van der Waals surface area contributed by atoms with E-state index in [-0.39, 0.29) is 0 Å². The highest BCUT2D eigenvalue weighted by atomic mass is 79.9. The zero-order valence-electron chi connectivity index (χ0n) is 11.5. The van der Waals surface area contributed by atoms with Crippen LogP contribution in [0.5, 0.6) is 0 Å². The smallest absolute Gasteiger partial charge is 0.174 e. The molecule has 112 valence electrons. The number of benzene rings is 2. The largest absolute Gasteiger partial charge is 0.380 e. The molecule has 0 saturated heterocycles. The standard InChI is InChI=1S/C15H13BrN4OS/c16-10-2-4-11(5-3-10)19-15(22)18-8-9-1-6-12-13(7-9)21-20-14(12)17/h1-7H,8H2,(H2,17,20)(H2,18,19,22). The number of fused-ring (bicyclic) bond motifs is 1. The molecular weight excluding hydrogens is 364 g/mol. The van der Waals surface area contributed by atoms with E-state index in [0.29, 0.717) is 23.1 Å². The van der Waals surface area contributed by atoms with Gasteiger partial charge in [-0.05, 0) is 54.2 Å². The Morgan fingerprint density at radius 3 is 2.77 bits per heavy atom. The van der Waals surface area contributed by atoms with Crippen molar-refractivity contribution >= 4 is 55.7 Å². The summed E-state index contributed by atoms with van der Waals surface area (Å²) in [6, 6.07) is 13.5. The Morgan fingerprint density at radius 2 is 2.00 bits per heavy atom. The molecule has 0 spiro atoms. The van der Waals surface area contributed by atoms with Crippen LogP contribution in [0.25, 0.3) is 11.0 Å². The first-order valence-corrected chi connectivity index (χ1v) is 7.76. The zero-order valence-corrected chi connectivity index (χ0v) is 13.9. The first kappa shape index (κ1) is 14.8. The molecule has 1 aromatic heterocycles.